The molecule has 0 unspecified atom stereocenters. The Bertz CT molecular complexity index is 1040. The van der Waals surface area contributed by atoms with E-state index in [9.17, 15) is 9.59 Å². The summed E-state index contributed by atoms with van der Waals surface area (Å²) in [5.41, 5.74) is 5.73. The molecule has 0 aliphatic rings. The van der Waals surface area contributed by atoms with Gasteiger partial charge in [0.05, 0.1) is 5.39 Å². The van der Waals surface area contributed by atoms with Gasteiger partial charge in [0.25, 0.3) is 11.5 Å². The van der Waals surface area contributed by atoms with Crippen LogP contribution in [0.15, 0.2) is 23.0 Å². The molecule has 2 N–H and O–H groups in total. The fraction of sp³-hybridized carbons (Fsp3) is 0.316. The monoisotopic (exact) mass is 338 g/mol. The Morgan fingerprint density at radius 3 is 2.64 bits per heavy atom. The first-order chi connectivity index (χ1) is 11.8. The number of benzene rings is 1. The van der Waals surface area contributed by atoms with Crippen molar-refractivity contribution in [3.8, 4) is 0 Å². The molecule has 0 radical (unpaired) electrons. The molecule has 6 nitrogen and oxygen atoms in total. The second kappa shape index (κ2) is 6.20. The third-order valence-electron chi connectivity index (χ3n) is 4.85. The number of pyridine rings is 1. The molecule has 0 aliphatic carbocycles. The van der Waals surface area contributed by atoms with Gasteiger partial charge in [-0.3, -0.25) is 19.4 Å². The van der Waals surface area contributed by atoms with Crippen LogP contribution in [0.3, 0.4) is 0 Å². The van der Waals surface area contributed by atoms with Gasteiger partial charge >= 0.3 is 0 Å². The Balaban J connectivity index is 1.93. The lowest BCUT2D eigenvalue weighted by molar-refractivity contribution is 0.0950. The fourth-order valence-electron chi connectivity index (χ4n) is 3.17. The molecule has 25 heavy (non-hydrogen) atoms. The van der Waals surface area contributed by atoms with Gasteiger partial charge in [-0.1, -0.05) is 12.1 Å². The first kappa shape index (κ1) is 17.0. The lowest BCUT2D eigenvalue weighted by Crippen LogP contribution is -2.25. The molecule has 0 aliphatic heterocycles. The summed E-state index contributed by atoms with van der Waals surface area (Å²) >= 11 is 0. The van der Waals surface area contributed by atoms with Crippen LogP contribution in [0.2, 0.25) is 0 Å². The lowest BCUT2D eigenvalue weighted by Gasteiger charge is -2.13. The van der Waals surface area contributed by atoms with Crippen LogP contribution in [0.5, 0.6) is 0 Å². The van der Waals surface area contributed by atoms with E-state index in [1.165, 1.54) is 0 Å². The summed E-state index contributed by atoms with van der Waals surface area (Å²) in [6, 6.07) is 5.69. The number of aromatic amines is 1. The summed E-state index contributed by atoms with van der Waals surface area (Å²) in [6.07, 6.45) is 0. The van der Waals surface area contributed by atoms with E-state index in [1.807, 2.05) is 45.9 Å². The largest absolute Gasteiger partial charge is 0.348 e. The van der Waals surface area contributed by atoms with Gasteiger partial charge in [-0.2, -0.15) is 0 Å². The van der Waals surface area contributed by atoms with Crippen molar-refractivity contribution in [2.75, 3.05) is 0 Å². The Hall–Kier alpha value is -2.89. The maximum atomic E-state index is 12.5. The first-order valence-electron chi connectivity index (χ1n) is 8.20. The van der Waals surface area contributed by atoms with E-state index in [0.29, 0.717) is 23.1 Å². The highest BCUT2D eigenvalue weighted by molar-refractivity contribution is 5.96. The van der Waals surface area contributed by atoms with Crippen LogP contribution in [0.4, 0.5) is 0 Å². The summed E-state index contributed by atoms with van der Waals surface area (Å²) in [4.78, 5) is 29.2. The highest BCUT2D eigenvalue weighted by Crippen LogP contribution is 2.20. The van der Waals surface area contributed by atoms with Gasteiger partial charge in [-0.05, 0) is 56.0 Å². The summed E-state index contributed by atoms with van der Waals surface area (Å²) in [7, 11) is 1.76. The maximum absolute atomic E-state index is 12.5. The molecule has 0 bridgehead atoms. The molecule has 3 aromatic rings. The third-order valence-corrected chi connectivity index (χ3v) is 4.85. The number of aryl methyl sites for hydroxylation is 4. The quantitative estimate of drug-likeness (QED) is 0.770. The minimum atomic E-state index is -0.162. The minimum absolute atomic E-state index is 0.123. The smallest absolute Gasteiger partial charge is 0.273 e. The molecule has 0 saturated carbocycles. The Labute approximate surface area is 145 Å². The van der Waals surface area contributed by atoms with E-state index in [1.54, 1.807) is 11.7 Å². The minimum Gasteiger partial charge on any atom is -0.348 e. The second-order valence-electron chi connectivity index (χ2n) is 6.43. The van der Waals surface area contributed by atoms with E-state index >= 15 is 0 Å². The van der Waals surface area contributed by atoms with Gasteiger partial charge in [0.15, 0.2) is 5.65 Å². The molecular weight excluding hydrogens is 316 g/mol. The Morgan fingerprint density at radius 1 is 1.20 bits per heavy atom. The zero-order valence-corrected chi connectivity index (χ0v) is 15.2. The second-order valence-corrected chi connectivity index (χ2v) is 6.43. The third kappa shape index (κ3) is 2.84. The van der Waals surface area contributed by atoms with E-state index in [4.69, 9.17) is 0 Å². The van der Waals surface area contributed by atoms with Gasteiger partial charge in [0.2, 0.25) is 0 Å². The number of hydrogen-bond donors (Lipinski definition) is 2. The molecule has 130 valence electrons. The zero-order chi connectivity index (χ0) is 18.3. The average molecular weight is 338 g/mol. The van der Waals surface area contributed by atoms with E-state index in [0.717, 1.165) is 27.9 Å². The number of nitrogens with zero attached hydrogens (tertiary/aromatic N) is 2. The number of hydrogen-bond acceptors (Lipinski definition) is 3. The predicted molar refractivity (Wildman–Crippen MR) is 97.9 cm³/mol. The standard InChI is InChI=1S/C19H22N4O2/c1-10-7-6-8-14(11(10)2)18(24)20-9-15-12(3)16-17(21-13(15)4)23(5)22-19(16)25/h6-8H,9H2,1-5H3,(H,20,24)(H,22,25). The van der Waals surface area contributed by atoms with Gasteiger partial charge in [0, 0.05) is 24.8 Å². The normalized spacial score (nSPS) is 11.1. The zero-order valence-electron chi connectivity index (χ0n) is 15.2. The van der Waals surface area contributed by atoms with Crippen LogP contribution < -0.4 is 10.9 Å². The van der Waals surface area contributed by atoms with Gasteiger partial charge < -0.3 is 5.32 Å². The molecule has 1 aromatic carbocycles. The lowest BCUT2D eigenvalue weighted by atomic mass is 10.0. The van der Waals surface area contributed by atoms with Crippen molar-refractivity contribution in [3.05, 3.63) is 62.1 Å². The fourth-order valence-corrected chi connectivity index (χ4v) is 3.17. The van der Waals surface area contributed by atoms with Crippen molar-refractivity contribution in [1.29, 1.82) is 0 Å². The van der Waals surface area contributed by atoms with Gasteiger partial charge in [-0.25, -0.2) is 4.98 Å². The van der Waals surface area contributed by atoms with Crippen molar-refractivity contribution in [1.82, 2.24) is 20.1 Å². The van der Waals surface area contributed by atoms with Crippen LogP contribution in [0.25, 0.3) is 11.0 Å². The summed E-state index contributed by atoms with van der Waals surface area (Å²) in [6.45, 7) is 8.05. The number of aromatic nitrogens is 3. The van der Waals surface area contributed by atoms with Crippen LogP contribution in [0.1, 0.15) is 38.3 Å². The molecule has 0 spiro atoms. The topological polar surface area (TPSA) is 79.8 Å². The van der Waals surface area contributed by atoms with Crippen LogP contribution in [-0.4, -0.2) is 20.7 Å². The highest BCUT2D eigenvalue weighted by Gasteiger charge is 2.16. The summed E-state index contributed by atoms with van der Waals surface area (Å²) in [5.74, 6) is -0.123. The number of H-pyrrole nitrogens is 1. The average Bonchev–Trinajstić information content (AvgIpc) is 2.83. The number of fused-ring (bicyclic) bond motifs is 1. The molecule has 0 atom stereocenters. The highest BCUT2D eigenvalue weighted by atomic mass is 16.1. The molecule has 0 saturated heterocycles. The molecular formula is C19H22N4O2. The number of amides is 1. The number of carbonyl (C=O) groups excluding carboxylic acids is 1. The molecule has 1 amide bonds. The van der Waals surface area contributed by atoms with Crippen LogP contribution >= 0.6 is 0 Å². The van der Waals surface area contributed by atoms with Crippen molar-refractivity contribution in [3.63, 3.8) is 0 Å². The Morgan fingerprint density at radius 2 is 1.92 bits per heavy atom. The molecule has 2 heterocycles. The Kier molecular flexibility index (Phi) is 4.20. The molecule has 6 heteroatoms. The number of nitrogens with one attached hydrogen (secondary N) is 2. The molecule has 0 fully saturated rings. The van der Waals surface area contributed by atoms with Gasteiger partial charge in [-0.15, -0.1) is 0 Å². The van der Waals surface area contributed by atoms with Crippen molar-refractivity contribution in [2.24, 2.45) is 7.05 Å². The summed E-state index contributed by atoms with van der Waals surface area (Å²) < 4.78 is 1.62. The first-order valence-corrected chi connectivity index (χ1v) is 8.20. The molecule has 2 aromatic heterocycles. The number of carbonyl (C=O) groups is 1. The summed E-state index contributed by atoms with van der Waals surface area (Å²) in [5, 5.41) is 6.26. The predicted octanol–water partition coefficient (Wildman–Crippen LogP) is 2.43. The van der Waals surface area contributed by atoms with Crippen LogP contribution in [0, 0.1) is 27.7 Å². The SMILES string of the molecule is Cc1cccc(C(=O)NCc2c(C)nc3c(c2C)c(=O)[nH]n3C)c1C. The van der Waals surface area contributed by atoms with Crippen molar-refractivity contribution < 1.29 is 4.79 Å². The van der Waals surface area contributed by atoms with E-state index < -0.39 is 0 Å². The molecule has 3 rings (SSSR count). The van der Waals surface area contributed by atoms with E-state index in [2.05, 4.69) is 15.4 Å². The van der Waals surface area contributed by atoms with Gasteiger partial charge in [0.1, 0.15) is 0 Å². The van der Waals surface area contributed by atoms with Crippen LogP contribution in [-0.2, 0) is 13.6 Å². The number of rotatable bonds is 3. The van der Waals surface area contributed by atoms with Crippen molar-refractivity contribution >= 4 is 16.9 Å². The maximum Gasteiger partial charge on any atom is 0.273 e. The van der Waals surface area contributed by atoms with E-state index in [-0.39, 0.29) is 11.5 Å². The van der Waals surface area contributed by atoms with Crippen molar-refractivity contribution in [2.45, 2.75) is 34.2 Å².